The fourth-order valence-electron chi connectivity index (χ4n) is 2.80. The number of amides is 1. The summed E-state index contributed by atoms with van der Waals surface area (Å²) in [5.41, 5.74) is -0.251. The van der Waals surface area contributed by atoms with Crippen LogP contribution in [0.1, 0.15) is 50.5 Å². The highest BCUT2D eigenvalue weighted by atomic mass is 16.6. The molecule has 0 spiro atoms. The minimum Gasteiger partial charge on any atom is -0.332 e. The SMILES string of the molecule is CCn1cc([N+](=O)[O-])c(C(=O)N2[C@H](C)CCC[C@H]2C)n1. The Balaban J connectivity index is 2.37. The molecule has 0 aliphatic carbocycles. The third-order valence-electron chi connectivity index (χ3n) is 3.89. The van der Waals surface area contributed by atoms with Gasteiger partial charge in [-0.1, -0.05) is 0 Å². The van der Waals surface area contributed by atoms with Crippen molar-refractivity contribution < 1.29 is 9.72 Å². The summed E-state index contributed by atoms with van der Waals surface area (Å²) in [6.07, 6.45) is 4.26. The van der Waals surface area contributed by atoms with Crippen molar-refractivity contribution >= 4 is 11.6 Å². The van der Waals surface area contributed by atoms with Crippen molar-refractivity contribution in [3.05, 3.63) is 22.0 Å². The van der Waals surface area contributed by atoms with Crippen LogP contribution in [0.5, 0.6) is 0 Å². The molecule has 1 saturated heterocycles. The summed E-state index contributed by atoms with van der Waals surface area (Å²) in [5.74, 6) is -0.330. The van der Waals surface area contributed by atoms with Crippen LogP contribution in [0, 0.1) is 10.1 Å². The third kappa shape index (κ3) is 2.52. The highest BCUT2D eigenvalue weighted by Crippen LogP contribution is 2.27. The highest BCUT2D eigenvalue weighted by Gasteiger charge is 2.35. The molecule has 1 fully saturated rings. The van der Waals surface area contributed by atoms with Gasteiger partial charge in [-0.15, -0.1) is 0 Å². The van der Waals surface area contributed by atoms with E-state index in [1.54, 1.807) is 4.90 Å². The summed E-state index contributed by atoms with van der Waals surface area (Å²) < 4.78 is 1.44. The molecule has 1 aromatic heterocycles. The molecule has 0 radical (unpaired) electrons. The number of aryl methyl sites for hydroxylation is 1. The first kappa shape index (κ1) is 14.5. The van der Waals surface area contributed by atoms with Gasteiger partial charge in [0, 0.05) is 18.6 Å². The zero-order valence-electron chi connectivity index (χ0n) is 12.1. The molecule has 0 bridgehead atoms. The lowest BCUT2D eigenvalue weighted by atomic mass is 9.97. The van der Waals surface area contributed by atoms with Crippen molar-refractivity contribution in [3.63, 3.8) is 0 Å². The maximum atomic E-state index is 12.6. The van der Waals surface area contributed by atoms with Gasteiger partial charge in [0.2, 0.25) is 5.69 Å². The van der Waals surface area contributed by atoms with Crippen LogP contribution < -0.4 is 0 Å². The average molecular weight is 280 g/mol. The number of likely N-dealkylation sites (tertiary alicyclic amines) is 1. The first-order valence-electron chi connectivity index (χ1n) is 7.00. The van der Waals surface area contributed by atoms with Gasteiger partial charge < -0.3 is 4.90 Å². The van der Waals surface area contributed by atoms with Gasteiger partial charge in [-0.3, -0.25) is 19.6 Å². The van der Waals surface area contributed by atoms with E-state index < -0.39 is 4.92 Å². The second kappa shape index (κ2) is 5.60. The maximum Gasteiger partial charge on any atom is 0.320 e. The van der Waals surface area contributed by atoms with Gasteiger partial charge in [0.15, 0.2) is 0 Å². The summed E-state index contributed by atoms with van der Waals surface area (Å²) >= 11 is 0. The molecule has 1 aliphatic heterocycles. The normalized spacial score (nSPS) is 22.9. The third-order valence-corrected chi connectivity index (χ3v) is 3.89. The van der Waals surface area contributed by atoms with Crippen molar-refractivity contribution in [1.82, 2.24) is 14.7 Å². The van der Waals surface area contributed by atoms with Gasteiger partial charge in [-0.05, 0) is 40.0 Å². The van der Waals surface area contributed by atoms with Crippen molar-refractivity contribution in [2.45, 2.75) is 58.7 Å². The van der Waals surface area contributed by atoms with E-state index in [-0.39, 0.29) is 29.4 Å². The van der Waals surface area contributed by atoms with E-state index >= 15 is 0 Å². The Morgan fingerprint density at radius 3 is 2.55 bits per heavy atom. The van der Waals surface area contributed by atoms with E-state index in [2.05, 4.69) is 5.10 Å². The molecule has 2 rings (SSSR count). The number of rotatable bonds is 3. The van der Waals surface area contributed by atoms with Crippen molar-refractivity contribution in [2.24, 2.45) is 0 Å². The second-order valence-corrected chi connectivity index (χ2v) is 5.32. The number of hydrogen-bond donors (Lipinski definition) is 0. The number of carbonyl (C=O) groups is 1. The monoisotopic (exact) mass is 280 g/mol. The molecule has 20 heavy (non-hydrogen) atoms. The van der Waals surface area contributed by atoms with Crippen molar-refractivity contribution in [1.29, 1.82) is 0 Å². The Hall–Kier alpha value is -1.92. The minimum absolute atomic E-state index is 0.0440. The average Bonchev–Trinajstić information content (AvgIpc) is 2.82. The predicted octanol–water partition coefficient (Wildman–Crippen LogP) is 2.21. The Morgan fingerprint density at radius 1 is 1.45 bits per heavy atom. The number of aromatic nitrogens is 2. The number of hydrogen-bond acceptors (Lipinski definition) is 4. The number of piperidine rings is 1. The fourth-order valence-corrected chi connectivity index (χ4v) is 2.80. The quantitative estimate of drug-likeness (QED) is 0.628. The van der Waals surface area contributed by atoms with Gasteiger partial charge in [0.25, 0.3) is 5.91 Å². The topological polar surface area (TPSA) is 81.3 Å². The number of nitrogens with zero attached hydrogens (tertiary/aromatic N) is 4. The van der Waals surface area contributed by atoms with E-state index in [0.717, 1.165) is 19.3 Å². The first-order valence-corrected chi connectivity index (χ1v) is 7.00. The van der Waals surface area contributed by atoms with Gasteiger partial charge in [-0.2, -0.15) is 5.10 Å². The molecule has 0 saturated carbocycles. The van der Waals surface area contributed by atoms with Crippen LogP contribution in [0.3, 0.4) is 0 Å². The molecule has 110 valence electrons. The van der Waals surface area contributed by atoms with E-state index in [9.17, 15) is 14.9 Å². The lowest BCUT2D eigenvalue weighted by molar-refractivity contribution is -0.385. The van der Waals surface area contributed by atoms with Gasteiger partial charge in [-0.25, -0.2) is 0 Å². The molecule has 2 heterocycles. The van der Waals surface area contributed by atoms with Crippen LogP contribution in [0.4, 0.5) is 5.69 Å². The Kier molecular flexibility index (Phi) is 4.06. The molecule has 1 amide bonds. The molecule has 0 unspecified atom stereocenters. The zero-order chi connectivity index (χ0) is 14.9. The molecule has 1 aliphatic rings. The minimum atomic E-state index is -0.536. The van der Waals surface area contributed by atoms with Gasteiger partial charge in [0.05, 0.1) is 4.92 Å². The van der Waals surface area contributed by atoms with E-state index in [0.29, 0.717) is 6.54 Å². The lowest BCUT2D eigenvalue weighted by Crippen LogP contribution is -2.47. The van der Waals surface area contributed by atoms with Crippen LogP contribution in [-0.2, 0) is 6.54 Å². The fraction of sp³-hybridized carbons (Fsp3) is 0.692. The summed E-state index contributed by atoms with van der Waals surface area (Å²) in [6.45, 7) is 6.29. The van der Waals surface area contributed by atoms with E-state index in [4.69, 9.17) is 0 Å². The Labute approximate surface area is 117 Å². The van der Waals surface area contributed by atoms with Gasteiger partial charge in [0.1, 0.15) is 6.20 Å². The molecule has 2 atom stereocenters. The van der Waals surface area contributed by atoms with Crippen LogP contribution in [-0.4, -0.2) is 37.6 Å². The molecular weight excluding hydrogens is 260 g/mol. The Bertz CT molecular complexity index is 516. The second-order valence-electron chi connectivity index (χ2n) is 5.32. The van der Waals surface area contributed by atoms with Crippen molar-refractivity contribution in [2.75, 3.05) is 0 Å². The zero-order valence-corrected chi connectivity index (χ0v) is 12.1. The molecular formula is C13H20N4O3. The molecule has 1 aromatic rings. The van der Waals surface area contributed by atoms with Gasteiger partial charge >= 0.3 is 5.69 Å². The summed E-state index contributed by atoms with van der Waals surface area (Å²) in [4.78, 5) is 24.9. The largest absolute Gasteiger partial charge is 0.332 e. The summed E-state index contributed by atoms with van der Waals surface area (Å²) in [6, 6.07) is 0.190. The molecule has 7 heteroatoms. The number of carbonyl (C=O) groups excluding carboxylic acids is 1. The van der Waals surface area contributed by atoms with Crippen LogP contribution >= 0.6 is 0 Å². The van der Waals surface area contributed by atoms with E-state index in [1.165, 1.54) is 10.9 Å². The van der Waals surface area contributed by atoms with Crippen LogP contribution in [0.2, 0.25) is 0 Å². The summed E-state index contributed by atoms with van der Waals surface area (Å²) in [7, 11) is 0. The van der Waals surface area contributed by atoms with Crippen LogP contribution in [0.15, 0.2) is 6.20 Å². The van der Waals surface area contributed by atoms with Crippen LogP contribution in [0.25, 0.3) is 0 Å². The van der Waals surface area contributed by atoms with Crippen molar-refractivity contribution in [3.8, 4) is 0 Å². The lowest BCUT2D eigenvalue weighted by Gasteiger charge is -2.38. The molecule has 0 aromatic carbocycles. The number of nitro groups is 1. The molecule has 0 N–H and O–H groups in total. The Morgan fingerprint density at radius 2 is 2.05 bits per heavy atom. The standard InChI is InChI=1S/C13H20N4O3/c1-4-15-8-11(17(19)20)12(14-15)13(18)16-9(2)6-5-7-10(16)3/h8-10H,4-7H2,1-3H3/t9-,10-/m1/s1. The maximum absolute atomic E-state index is 12.6. The first-order chi connectivity index (χ1) is 9.45. The smallest absolute Gasteiger partial charge is 0.320 e. The summed E-state index contributed by atoms with van der Waals surface area (Å²) in [5, 5.41) is 15.2. The van der Waals surface area contributed by atoms with E-state index in [1.807, 2.05) is 20.8 Å². The highest BCUT2D eigenvalue weighted by molar-refractivity contribution is 5.96. The predicted molar refractivity (Wildman–Crippen MR) is 73.5 cm³/mol. The molecule has 7 nitrogen and oxygen atoms in total.